The number of hydrogen-bond acceptors (Lipinski definition) is 7. The van der Waals surface area contributed by atoms with Crippen molar-refractivity contribution in [2.45, 2.75) is 38.8 Å². The highest BCUT2D eigenvalue weighted by Gasteiger charge is 2.39. The predicted molar refractivity (Wildman–Crippen MR) is 136 cm³/mol. The Kier molecular flexibility index (Phi) is 7.09. The van der Waals surface area contributed by atoms with Gasteiger partial charge in [-0.25, -0.2) is 14.6 Å². The molecule has 1 atom stereocenters. The molecule has 35 heavy (non-hydrogen) atoms. The summed E-state index contributed by atoms with van der Waals surface area (Å²) in [4.78, 5) is 26.3. The van der Waals surface area contributed by atoms with Gasteiger partial charge in [-0.2, -0.15) is 0 Å². The van der Waals surface area contributed by atoms with Crippen LogP contribution in [0, 0.1) is 10.8 Å². The standard InChI is InChI=1S/C25H29ClN8O/c1-17(23-29-16-34(31-23)19-7-4-6-18(26)14-19)33-13-12-32(15-25(33,2)3)24(35)22-9-5-8-21(30-22)20(28)10-11-27/h4-9,11,14,16-17,27-28H,10,12-13,15H2,1-3H3. The number of carbonyl (C=O) groups is 1. The van der Waals surface area contributed by atoms with Crippen LogP contribution in [0.3, 0.4) is 0 Å². The SMILES string of the molecule is CC(c1ncn(-c2cccc(Cl)c2)n1)N1CCN(C(=O)c2cccc(C(=N)CC=N)n2)CC1(C)C. The van der Waals surface area contributed by atoms with Crippen LogP contribution in [-0.2, 0) is 0 Å². The average molecular weight is 493 g/mol. The molecule has 0 radical (unpaired) electrons. The fourth-order valence-electron chi connectivity index (χ4n) is 4.50. The van der Waals surface area contributed by atoms with E-state index in [2.05, 4.69) is 40.7 Å². The minimum absolute atomic E-state index is 0.0502. The van der Waals surface area contributed by atoms with Crippen molar-refractivity contribution >= 4 is 29.4 Å². The molecule has 0 aliphatic carbocycles. The van der Waals surface area contributed by atoms with Crippen LogP contribution in [0.25, 0.3) is 5.69 Å². The third kappa shape index (κ3) is 5.31. The van der Waals surface area contributed by atoms with Crippen molar-refractivity contribution in [1.29, 1.82) is 10.8 Å². The molecule has 1 amide bonds. The van der Waals surface area contributed by atoms with E-state index < -0.39 is 0 Å². The third-order valence-electron chi connectivity index (χ3n) is 6.26. The molecule has 1 aliphatic heterocycles. The Hall–Kier alpha value is -3.43. The Morgan fingerprint density at radius 3 is 2.66 bits per heavy atom. The van der Waals surface area contributed by atoms with Crippen LogP contribution in [0.2, 0.25) is 5.02 Å². The molecule has 0 spiro atoms. The van der Waals surface area contributed by atoms with E-state index in [0.717, 1.165) is 11.9 Å². The van der Waals surface area contributed by atoms with Gasteiger partial charge in [-0.1, -0.05) is 23.7 Å². The van der Waals surface area contributed by atoms with Crippen LogP contribution < -0.4 is 0 Å². The molecule has 182 valence electrons. The van der Waals surface area contributed by atoms with Crippen molar-refractivity contribution in [3.8, 4) is 5.69 Å². The molecule has 2 N–H and O–H groups in total. The summed E-state index contributed by atoms with van der Waals surface area (Å²) in [5.74, 6) is 0.551. The van der Waals surface area contributed by atoms with Gasteiger partial charge in [0, 0.05) is 42.8 Å². The first-order valence-corrected chi connectivity index (χ1v) is 11.8. The maximum absolute atomic E-state index is 13.2. The number of halogens is 1. The van der Waals surface area contributed by atoms with Gasteiger partial charge in [0.2, 0.25) is 0 Å². The monoisotopic (exact) mass is 492 g/mol. The molecule has 1 fully saturated rings. The van der Waals surface area contributed by atoms with Crippen molar-refractivity contribution in [3.05, 3.63) is 71.0 Å². The van der Waals surface area contributed by atoms with E-state index >= 15 is 0 Å². The number of aromatic nitrogens is 4. The van der Waals surface area contributed by atoms with E-state index in [-0.39, 0.29) is 29.6 Å². The summed E-state index contributed by atoms with van der Waals surface area (Å²) in [6.45, 7) is 8.04. The van der Waals surface area contributed by atoms with Crippen molar-refractivity contribution < 1.29 is 4.79 Å². The van der Waals surface area contributed by atoms with Crippen molar-refractivity contribution in [1.82, 2.24) is 29.5 Å². The van der Waals surface area contributed by atoms with Gasteiger partial charge in [-0.05, 0) is 51.1 Å². The largest absolute Gasteiger partial charge is 0.334 e. The Balaban J connectivity index is 1.47. The lowest BCUT2D eigenvalue weighted by atomic mass is 9.96. The molecular weight excluding hydrogens is 464 g/mol. The second-order valence-corrected chi connectivity index (χ2v) is 9.67. The summed E-state index contributed by atoms with van der Waals surface area (Å²) < 4.78 is 1.72. The zero-order chi connectivity index (χ0) is 25.2. The van der Waals surface area contributed by atoms with E-state index in [4.69, 9.17) is 22.4 Å². The summed E-state index contributed by atoms with van der Waals surface area (Å²) in [5, 5.41) is 20.6. The highest BCUT2D eigenvalue weighted by molar-refractivity contribution is 6.30. The highest BCUT2D eigenvalue weighted by atomic mass is 35.5. The number of carbonyl (C=O) groups excluding carboxylic acids is 1. The number of hydrogen-bond donors (Lipinski definition) is 2. The van der Waals surface area contributed by atoms with Gasteiger partial charge in [0.05, 0.1) is 23.1 Å². The molecule has 1 unspecified atom stereocenters. The molecule has 3 heterocycles. The number of rotatable bonds is 7. The minimum atomic E-state index is -0.320. The number of benzene rings is 1. The number of piperazine rings is 1. The number of amides is 1. The van der Waals surface area contributed by atoms with Crippen molar-refractivity contribution in [3.63, 3.8) is 0 Å². The van der Waals surface area contributed by atoms with Gasteiger partial charge in [-0.15, -0.1) is 5.10 Å². The molecule has 2 aromatic heterocycles. The molecule has 3 aromatic rings. The van der Waals surface area contributed by atoms with Crippen molar-refractivity contribution in [2.24, 2.45) is 0 Å². The summed E-state index contributed by atoms with van der Waals surface area (Å²) in [5.41, 5.74) is 1.49. The van der Waals surface area contributed by atoms with E-state index in [9.17, 15) is 4.79 Å². The van der Waals surface area contributed by atoms with E-state index in [0.29, 0.717) is 41.9 Å². The highest BCUT2D eigenvalue weighted by Crippen LogP contribution is 2.30. The molecule has 1 aliphatic rings. The first kappa shape index (κ1) is 24.7. The van der Waals surface area contributed by atoms with E-state index in [1.807, 2.05) is 29.2 Å². The lowest BCUT2D eigenvalue weighted by molar-refractivity contribution is -0.00521. The number of nitrogens with one attached hydrogen (secondary N) is 2. The summed E-state index contributed by atoms with van der Waals surface area (Å²) in [7, 11) is 0. The van der Waals surface area contributed by atoms with Gasteiger partial charge in [0.15, 0.2) is 5.82 Å². The maximum atomic E-state index is 13.2. The molecule has 9 nitrogen and oxygen atoms in total. The smallest absolute Gasteiger partial charge is 0.272 e. The second-order valence-electron chi connectivity index (χ2n) is 9.23. The molecule has 10 heteroatoms. The second kappa shape index (κ2) is 10.1. The van der Waals surface area contributed by atoms with Crippen LogP contribution in [0.15, 0.2) is 48.8 Å². The molecular formula is C25H29ClN8O. The quantitative estimate of drug-likeness (QED) is 0.483. The molecule has 4 rings (SSSR count). The topological polar surface area (TPSA) is 115 Å². The van der Waals surface area contributed by atoms with Crippen LogP contribution in [-0.4, -0.2) is 72.6 Å². The average Bonchev–Trinajstić information content (AvgIpc) is 3.33. The predicted octanol–water partition coefficient (Wildman–Crippen LogP) is 4.02. The lowest BCUT2D eigenvalue weighted by Crippen LogP contribution is -2.61. The van der Waals surface area contributed by atoms with Gasteiger partial charge in [-0.3, -0.25) is 9.69 Å². The Morgan fingerprint density at radius 1 is 1.20 bits per heavy atom. The van der Waals surface area contributed by atoms with Crippen LogP contribution in [0.5, 0.6) is 0 Å². The number of nitrogens with zero attached hydrogens (tertiary/aromatic N) is 6. The summed E-state index contributed by atoms with van der Waals surface area (Å²) in [6.07, 6.45) is 3.04. The van der Waals surface area contributed by atoms with Crippen LogP contribution >= 0.6 is 11.6 Å². The number of pyridine rings is 1. The molecule has 0 bridgehead atoms. The minimum Gasteiger partial charge on any atom is -0.334 e. The normalized spacial score (nSPS) is 16.6. The molecule has 1 aromatic carbocycles. The fourth-order valence-corrected chi connectivity index (χ4v) is 4.68. The van der Waals surface area contributed by atoms with Gasteiger partial charge in [0.1, 0.15) is 12.0 Å². The molecule has 0 saturated carbocycles. The zero-order valence-corrected chi connectivity index (χ0v) is 20.8. The zero-order valence-electron chi connectivity index (χ0n) is 20.1. The van der Waals surface area contributed by atoms with Crippen LogP contribution in [0.4, 0.5) is 0 Å². The lowest BCUT2D eigenvalue weighted by Gasteiger charge is -2.49. The Labute approximate surface area is 209 Å². The first-order chi connectivity index (χ1) is 16.7. The summed E-state index contributed by atoms with van der Waals surface area (Å²) in [6, 6.07) is 12.5. The third-order valence-corrected chi connectivity index (χ3v) is 6.50. The van der Waals surface area contributed by atoms with E-state index in [1.165, 1.54) is 0 Å². The van der Waals surface area contributed by atoms with Gasteiger partial charge >= 0.3 is 0 Å². The van der Waals surface area contributed by atoms with Gasteiger partial charge < -0.3 is 15.7 Å². The maximum Gasteiger partial charge on any atom is 0.272 e. The van der Waals surface area contributed by atoms with E-state index in [1.54, 1.807) is 29.2 Å². The fraction of sp³-hybridized carbons (Fsp3) is 0.360. The Morgan fingerprint density at radius 2 is 1.94 bits per heavy atom. The Bertz CT molecular complexity index is 1250. The first-order valence-electron chi connectivity index (χ1n) is 11.5. The van der Waals surface area contributed by atoms with Gasteiger partial charge in [0.25, 0.3) is 5.91 Å². The van der Waals surface area contributed by atoms with Crippen LogP contribution in [0.1, 0.15) is 55.2 Å². The van der Waals surface area contributed by atoms with Crippen molar-refractivity contribution in [2.75, 3.05) is 19.6 Å². The molecule has 1 saturated heterocycles. The summed E-state index contributed by atoms with van der Waals surface area (Å²) >= 11 is 6.12.